The van der Waals surface area contributed by atoms with Crippen molar-refractivity contribution in [2.45, 2.75) is 12.8 Å². The Morgan fingerprint density at radius 1 is 0.326 bits per heavy atom. The van der Waals surface area contributed by atoms with E-state index in [4.69, 9.17) is 8.83 Å². The Balaban J connectivity index is 1.20. The Bertz CT molecular complexity index is 2680. The van der Waals surface area contributed by atoms with Gasteiger partial charge in [-0.25, -0.2) is 0 Å². The summed E-state index contributed by atoms with van der Waals surface area (Å²) < 4.78 is 12.6. The Morgan fingerprint density at radius 2 is 0.848 bits per heavy atom. The highest BCUT2D eigenvalue weighted by Gasteiger charge is 2.20. The third-order valence-corrected chi connectivity index (χ3v) is 9.80. The number of hydrogen-bond acceptors (Lipinski definition) is 2. The third kappa shape index (κ3) is 3.77. The number of fused-ring (bicyclic) bond motifs is 8. The molecule has 1 aliphatic carbocycles. The quantitative estimate of drug-likeness (QED) is 0.192. The maximum atomic E-state index is 6.39. The molecular weight excluding hydrogens is 560 g/mol. The molecule has 2 nitrogen and oxygen atoms in total. The highest BCUT2D eigenvalue weighted by atomic mass is 16.3. The Kier molecular flexibility index (Phi) is 5.44. The lowest BCUT2D eigenvalue weighted by Gasteiger charge is -2.21. The molecule has 7 aromatic carbocycles. The van der Waals surface area contributed by atoms with E-state index >= 15 is 0 Å². The van der Waals surface area contributed by atoms with Crippen molar-refractivity contribution in [3.05, 3.63) is 157 Å². The van der Waals surface area contributed by atoms with Crippen LogP contribution in [0.15, 0.2) is 154 Å². The number of benzene rings is 7. The number of para-hydroxylation sites is 1. The highest BCUT2D eigenvalue weighted by molar-refractivity contribution is 6.21. The van der Waals surface area contributed by atoms with Crippen LogP contribution in [0, 0.1) is 0 Å². The minimum atomic E-state index is 0.843. The summed E-state index contributed by atoms with van der Waals surface area (Å²) in [5, 5.41) is 9.59. The summed E-state index contributed by atoms with van der Waals surface area (Å²) in [6.45, 7) is 0. The molecule has 0 N–H and O–H groups in total. The Morgan fingerprint density at radius 3 is 1.52 bits per heavy atom. The van der Waals surface area contributed by atoms with Crippen molar-refractivity contribution >= 4 is 76.6 Å². The van der Waals surface area contributed by atoms with Gasteiger partial charge in [-0.15, -0.1) is 0 Å². The summed E-state index contributed by atoms with van der Waals surface area (Å²) in [5.41, 5.74) is 11.4. The van der Waals surface area contributed by atoms with E-state index in [1.54, 1.807) is 0 Å². The van der Waals surface area contributed by atoms with Crippen molar-refractivity contribution in [1.82, 2.24) is 0 Å². The van der Waals surface area contributed by atoms with Crippen LogP contribution in [-0.2, 0) is 0 Å². The maximum Gasteiger partial charge on any atom is 0.139 e. The number of allylic oxidation sites excluding steroid dienone is 4. The van der Waals surface area contributed by atoms with Gasteiger partial charge < -0.3 is 8.83 Å². The monoisotopic (exact) mass is 588 g/mol. The van der Waals surface area contributed by atoms with Gasteiger partial charge in [0.2, 0.25) is 0 Å². The molecule has 10 rings (SSSR count). The molecule has 0 bridgehead atoms. The van der Waals surface area contributed by atoms with E-state index in [9.17, 15) is 0 Å². The number of rotatable bonds is 3. The molecule has 0 unspecified atom stereocenters. The minimum Gasteiger partial charge on any atom is -0.456 e. The average Bonchev–Trinajstić information content (AvgIpc) is 3.66. The normalized spacial score (nSPS) is 13.7. The van der Waals surface area contributed by atoms with Crippen LogP contribution < -0.4 is 0 Å². The first-order valence-corrected chi connectivity index (χ1v) is 16.0. The van der Waals surface area contributed by atoms with Gasteiger partial charge in [-0.3, -0.25) is 0 Å². The second-order valence-electron chi connectivity index (χ2n) is 12.3. The topological polar surface area (TPSA) is 26.3 Å². The van der Waals surface area contributed by atoms with Crippen molar-refractivity contribution in [2.75, 3.05) is 0 Å². The van der Waals surface area contributed by atoms with E-state index in [-0.39, 0.29) is 0 Å². The molecule has 46 heavy (non-hydrogen) atoms. The van der Waals surface area contributed by atoms with Crippen LogP contribution in [0.4, 0.5) is 0 Å². The van der Waals surface area contributed by atoms with Gasteiger partial charge >= 0.3 is 0 Å². The largest absolute Gasteiger partial charge is 0.456 e. The van der Waals surface area contributed by atoms with Gasteiger partial charge in [-0.2, -0.15) is 0 Å². The number of hydrogen-bond donors (Lipinski definition) is 0. The standard InChI is InChI=1S/C44H28O2/c1-2-10-27(11-3-1)28-18-20-29(21-19-28)43-32-13-4-6-15-34(32)44(35-16-7-5-14-33(35)43)30-22-23-40-36(24-30)38-25-37-31-12-8-9-17-39(31)45-41(37)26-42(38)46-40/h1-18,20,22-26H,19,21H2. The molecule has 0 saturated carbocycles. The van der Waals surface area contributed by atoms with E-state index in [1.165, 1.54) is 54.9 Å². The predicted octanol–water partition coefficient (Wildman–Crippen LogP) is 12.7. The van der Waals surface area contributed by atoms with E-state index in [2.05, 4.69) is 127 Å². The first kappa shape index (κ1) is 25.5. The molecule has 0 atom stereocenters. The van der Waals surface area contributed by atoms with E-state index in [0.29, 0.717) is 0 Å². The summed E-state index contributed by atoms with van der Waals surface area (Å²) in [6, 6.07) is 47.8. The Hall–Kier alpha value is -5.86. The van der Waals surface area contributed by atoms with Gasteiger partial charge in [0, 0.05) is 27.6 Å². The molecule has 0 fully saturated rings. The molecule has 0 aliphatic heterocycles. The zero-order valence-electron chi connectivity index (χ0n) is 25.1. The summed E-state index contributed by atoms with van der Waals surface area (Å²) in [6.07, 6.45) is 6.72. The number of furan rings is 2. The van der Waals surface area contributed by atoms with E-state index in [0.717, 1.165) is 56.7 Å². The van der Waals surface area contributed by atoms with Gasteiger partial charge in [0.05, 0.1) is 0 Å². The summed E-state index contributed by atoms with van der Waals surface area (Å²) >= 11 is 0. The van der Waals surface area contributed by atoms with Crippen LogP contribution in [0.3, 0.4) is 0 Å². The lowest BCUT2D eigenvalue weighted by molar-refractivity contribution is 0.656. The van der Waals surface area contributed by atoms with Gasteiger partial charge in [0.25, 0.3) is 0 Å². The fraction of sp³-hybridized carbons (Fsp3) is 0.0455. The van der Waals surface area contributed by atoms with Crippen molar-refractivity contribution in [1.29, 1.82) is 0 Å². The summed E-state index contributed by atoms with van der Waals surface area (Å²) in [5.74, 6) is 0. The molecule has 2 heterocycles. The van der Waals surface area contributed by atoms with E-state index < -0.39 is 0 Å². The molecule has 0 radical (unpaired) electrons. The third-order valence-electron chi connectivity index (χ3n) is 9.80. The van der Waals surface area contributed by atoms with Crippen molar-refractivity contribution in [3.8, 4) is 11.1 Å². The van der Waals surface area contributed by atoms with Crippen LogP contribution in [0.1, 0.15) is 24.0 Å². The lowest BCUT2D eigenvalue weighted by Crippen LogP contribution is -1.97. The SMILES string of the molecule is C1=C(c2ccccc2)CCC(c2c3ccccc3c(-c3ccc4oc5cc6oc7ccccc7c6cc5c4c3)c3ccccc23)=C1. The first-order chi connectivity index (χ1) is 22.8. The van der Waals surface area contributed by atoms with E-state index in [1.807, 2.05) is 18.2 Å². The van der Waals surface area contributed by atoms with Crippen LogP contribution in [0.25, 0.3) is 87.7 Å². The lowest BCUT2D eigenvalue weighted by atomic mass is 9.82. The second kappa shape index (κ2) is 9.82. The fourth-order valence-corrected chi connectivity index (χ4v) is 7.67. The van der Waals surface area contributed by atoms with Crippen molar-refractivity contribution < 1.29 is 8.83 Å². The summed E-state index contributed by atoms with van der Waals surface area (Å²) in [4.78, 5) is 0. The second-order valence-corrected chi connectivity index (χ2v) is 12.3. The molecule has 1 aliphatic rings. The molecule has 9 aromatic rings. The summed E-state index contributed by atoms with van der Waals surface area (Å²) in [7, 11) is 0. The first-order valence-electron chi connectivity index (χ1n) is 16.0. The smallest absolute Gasteiger partial charge is 0.139 e. The molecule has 216 valence electrons. The molecule has 0 amide bonds. The highest BCUT2D eigenvalue weighted by Crippen LogP contribution is 2.45. The maximum absolute atomic E-state index is 6.39. The van der Waals surface area contributed by atoms with Crippen molar-refractivity contribution in [3.63, 3.8) is 0 Å². The predicted molar refractivity (Wildman–Crippen MR) is 193 cm³/mol. The molecular formula is C44H28O2. The van der Waals surface area contributed by atoms with Gasteiger partial charge in [-0.1, -0.05) is 115 Å². The Labute approximate surface area is 265 Å². The van der Waals surface area contributed by atoms with Crippen LogP contribution in [0.2, 0.25) is 0 Å². The zero-order chi connectivity index (χ0) is 30.2. The van der Waals surface area contributed by atoms with Crippen LogP contribution >= 0.6 is 0 Å². The fourth-order valence-electron chi connectivity index (χ4n) is 7.67. The van der Waals surface area contributed by atoms with Gasteiger partial charge in [-0.05, 0) is 92.1 Å². The zero-order valence-corrected chi connectivity index (χ0v) is 25.1. The average molecular weight is 589 g/mol. The van der Waals surface area contributed by atoms with Gasteiger partial charge in [0.15, 0.2) is 0 Å². The minimum absolute atomic E-state index is 0.843. The van der Waals surface area contributed by atoms with Crippen LogP contribution in [0.5, 0.6) is 0 Å². The molecule has 2 aromatic heterocycles. The molecule has 0 saturated heterocycles. The van der Waals surface area contributed by atoms with Crippen LogP contribution in [-0.4, -0.2) is 0 Å². The van der Waals surface area contributed by atoms with Gasteiger partial charge in [0.1, 0.15) is 22.3 Å². The molecule has 0 spiro atoms. The van der Waals surface area contributed by atoms with Crippen molar-refractivity contribution in [2.24, 2.45) is 0 Å². The molecule has 2 heteroatoms.